The lowest BCUT2D eigenvalue weighted by molar-refractivity contribution is -0.122. The van der Waals surface area contributed by atoms with Crippen molar-refractivity contribution in [1.82, 2.24) is 69.5 Å². The number of para-hydroxylation sites is 1. The minimum absolute atomic E-state index is 0.00988. The quantitative estimate of drug-likeness (QED) is 0.00962. The van der Waals surface area contributed by atoms with Crippen molar-refractivity contribution < 1.29 is 71.1 Å². The number of hydrogen-bond donors (Lipinski definition) is 10. The Balaban J connectivity index is 0.637. The number of ether oxygens (including phenoxy) is 4. The van der Waals surface area contributed by atoms with Crippen molar-refractivity contribution in [2.45, 2.75) is 119 Å². The van der Waals surface area contributed by atoms with Crippen LogP contribution in [-0.2, 0) is 72.4 Å². The van der Waals surface area contributed by atoms with E-state index in [4.69, 9.17) is 55.8 Å². The van der Waals surface area contributed by atoms with Crippen LogP contribution in [0.25, 0.3) is 44.8 Å². The van der Waals surface area contributed by atoms with Gasteiger partial charge in [0.1, 0.15) is 60.1 Å². The van der Waals surface area contributed by atoms with E-state index in [0.717, 1.165) is 53.8 Å². The van der Waals surface area contributed by atoms with E-state index in [1.165, 1.54) is 34.8 Å². The number of aliphatic hydroxyl groups is 2. The van der Waals surface area contributed by atoms with E-state index < -0.39 is 93.6 Å². The highest BCUT2D eigenvalue weighted by atomic mass is 32.7. The van der Waals surface area contributed by atoms with Crippen LogP contribution in [0, 0.1) is 0 Å². The number of unbranched alkanes of at least 4 members (excludes halogenated alkanes) is 4. The average molecular weight is 1530 g/mol. The molecule has 11 atom stereocenters. The second-order valence-electron chi connectivity index (χ2n) is 24.8. The molecule has 0 saturated carbocycles. The minimum Gasteiger partial charge on any atom is -0.492 e. The molecule has 0 radical (unpaired) electrons. The largest absolute Gasteiger partial charge is 0.492 e. The summed E-state index contributed by atoms with van der Waals surface area (Å²) in [4.78, 5) is 88.0. The van der Waals surface area contributed by atoms with Crippen molar-refractivity contribution in [3.05, 3.63) is 143 Å². The summed E-state index contributed by atoms with van der Waals surface area (Å²) in [6, 6.07) is 25.8. The SMILES string of the molecule is CP(O)(=S)OCCCCCCNC(=O)CCCCC(=O)N1Cc2ccccc2-c2nnn(CCOc3ccc(C(=O)Oc4ccc(CS[P@]5(=O)N[C@H]6[C@@H](O)[C@H](n7cnc8c(=O)[nH]c(N)nc87)O[C@@H]6CO[P@@](=O)(S)N[C@H]6[C@@H](O)[C@H](n7cnc8c(N)ncnc87)O[C@@H]6CO5)cc4)cc3)c2-c2ccccc21. The molecule has 4 aromatic carbocycles. The van der Waals surface area contributed by atoms with Crippen molar-refractivity contribution in [1.29, 1.82) is 0 Å². The molecule has 0 spiro atoms. The van der Waals surface area contributed by atoms with Crippen LogP contribution in [0.2, 0.25) is 0 Å². The van der Waals surface area contributed by atoms with Crippen LogP contribution in [0.1, 0.15) is 85.3 Å². The van der Waals surface area contributed by atoms with E-state index in [9.17, 15) is 38.8 Å². The first kappa shape index (κ1) is 73.5. The molecule has 3 fully saturated rings. The molecule has 9 heterocycles. The third-order valence-corrected chi connectivity index (χ3v) is 24.4. The van der Waals surface area contributed by atoms with Gasteiger partial charge in [-0.25, -0.2) is 39.6 Å². The second-order valence-corrected chi connectivity index (χ2v) is 36.1. The van der Waals surface area contributed by atoms with Gasteiger partial charge in [-0.15, -0.1) is 5.10 Å². The number of rotatable bonds is 24. The van der Waals surface area contributed by atoms with Crippen molar-refractivity contribution in [2.75, 3.05) is 56.0 Å². The fourth-order valence-corrected chi connectivity index (χ4v) is 18.7. The van der Waals surface area contributed by atoms with Gasteiger partial charge in [-0.3, -0.25) is 37.6 Å². The van der Waals surface area contributed by atoms with Crippen molar-refractivity contribution in [3.8, 4) is 34.0 Å². The van der Waals surface area contributed by atoms with Gasteiger partial charge in [0.05, 0.1) is 74.6 Å². The van der Waals surface area contributed by atoms with E-state index in [0.29, 0.717) is 67.3 Å². The number of nitrogens with zero attached hydrogens (tertiary/aromatic N) is 11. The Kier molecular flexibility index (Phi) is 22.7. The molecule has 11 N–H and O–H groups in total. The summed E-state index contributed by atoms with van der Waals surface area (Å²) in [5.74, 6) is -0.283. The fourth-order valence-electron chi connectivity index (χ4n) is 12.5. The molecule has 0 aliphatic carbocycles. The first-order valence-electron chi connectivity index (χ1n) is 33.0. The third-order valence-electron chi connectivity index (χ3n) is 17.6. The van der Waals surface area contributed by atoms with Crippen LogP contribution in [0.5, 0.6) is 11.5 Å². The number of anilines is 3. The van der Waals surface area contributed by atoms with E-state index in [1.54, 1.807) is 58.1 Å². The Morgan fingerprint density at radius 1 is 0.786 bits per heavy atom. The Bertz CT molecular complexity index is 4800. The number of hydrogen-bond acceptors (Lipinski definition) is 26. The summed E-state index contributed by atoms with van der Waals surface area (Å²) in [7, 11) is 0. The van der Waals surface area contributed by atoms with Gasteiger partial charge in [-0.1, -0.05) is 84.9 Å². The molecule has 4 aliphatic rings. The average Bonchev–Trinajstić information content (AvgIpc) is 1.66. The molecule has 0 bridgehead atoms. The smallest absolute Gasteiger partial charge is 0.343 e. The van der Waals surface area contributed by atoms with Gasteiger partial charge in [0, 0.05) is 42.9 Å². The fraction of sp³-hybridized carbons (Fsp3) is 0.391. The molecule has 39 heteroatoms. The lowest BCUT2D eigenvalue weighted by Gasteiger charge is -2.31. The van der Waals surface area contributed by atoms with Crippen molar-refractivity contribution in [3.63, 3.8) is 0 Å². The zero-order chi connectivity index (χ0) is 72.2. The molecule has 103 heavy (non-hydrogen) atoms. The van der Waals surface area contributed by atoms with Gasteiger partial charge in [-0.05, 0) is 102 Å². The molecule has 4 aliphatic heterocycles. The second kappa shape index (κ2) is 31.8. The third kappa shape index (κ3) is 17.1. The van der Waals surface area contributed by atoms with E-state index in [1.807, 2.05) is 48.5 Å². The first-order valence-corrected chi connectivity index (χ1v) is 42.1. The van der Waals surface area contributed by atoms with Crippen LogP contribution in [-0.4, -0.2) is 163 Å². The Labute approximate surface area is 602 Å². The molecular weight excluding hydrogens is 1450 g/mol. The maximum atomic E-state index is 15.5. The molecule has 2 amide bonds. The predicted octanol–water partition coefficient (Wildman–Crippen LogP) is 6.94. The topological polar surface area (TPSA) is 440 Å². The molecule has 544 valence electrons. The highest BCUT2D eigenvalue weighted by Crippen LogP contribution is 2.60. The number of nitrogen functional groups attached to an aromatic ring is 2. The normalized spacial score (nSPS) is 23.9. The van der Waals surface area contributed by atoms with Crippen LogP contribution >= 0.6 is 43.6 Å². The highest BCUT2D eigenvalue weighted by molar-refractivity contribution is 8.55. The van der Waals surface area contributed by atoms with Crippen LogP contribution in [0.15, 0.2) is 121 Å². The number of carbonyl (C=O) groups is 3. The van der Waals surface area contributed by atoms with Crippen LogP contribution in [0.4, 0.5) is 17.5 Å². The number of imidazole rings is 2. The van der Waals surface area contributed by atoms with Crippen LogP contribution in [0.3, 0.4) is 0 Å². The summed E-state index contributed by atoms with van der Waals surface area (Å²) in [6.45, 7) is -8.95. The molecule has 1 unspecified atom stereocenters. The van der Waals surface area contributed by atoms with Crippen molar-refractivity contribution in [2.24, 2.45) is 0 Å². The van der Waals surface area contributed by atoms with Gasteiger partial charge in [-0.2, -0.15) is 4.98 Å². The zero-order valence-electron chi connectivity index (χ0n) is 55.2. The molecule has 3 saturated heterocycles. The minimum atomic E-state index is -4.29. The molecule has 33 nitrogen and oxygen atoms in total. The summed E-state index contributed by atoms with van der Waals surface area (Å²) in [6.07, 6.45) is 0.707. The number of nitrogens with one attached hydrogen (secondary N) is 4. The number of H-pyrrole nitrogens is 1. The molecule has 13 rings (SSSR count). The first-order chi connectivity index (χ1) is 49.6. The Hall–Kier alpha value is -7.86. The van der Waals surface area contributed by atoms with E-state index in [2.05, 4.69) is 68.0 Å². The predicted molar refractivity (Wildman–Crippen MR) is 387 cm³/mol. The monoisotopic (exact) mass is 1530 g/mol. The maximum Gasteiger partial charge on any atom is 0.343 e. The lowest BCUT2D eigenvalue weighted by atomic mass is 9.95. The van der Waals surface area contributed by atoms with Gasteiger partial charge in [0.2, 0.25) is 17.8 Å². The number of fused-ring (bicyclic) bond motifs is 9. The maximum absolute atomic E-state index is 15.5. The standard InChI is InChI=1S/C64H74N17O16P3S3/c1-98(88,101)92-28-11-3-2-10-26-67-47(82)16-8-9-17-48(83)78-30-39-12-4-5-13-42(39)49-54(43-14-6-7-15-44(43)78)81(77-74-49)27-29-91-40-24-20-38(21-25-40)63(87)95-41-22-18-37(19-23-41)33-103-100(90)76-51-45(96-62(56(51)85)80-36-71-53-59(80)72-64(66)73-60(53)86)31-93-99(89,102)75-50-46(32-94-100)97-61(55(50)84)79-35-70-52-57(65)68-34-69-58(52)79/h4-7,12-15,18-25,34-36,45-46,50-51,55-56,61-62,84-85H,2-3,8-11,16-17,26-33H2,1H3,(H,67,82)(H,76,90)(H,88,101)(H2,65,68,69)(H2,75,89,102)(H3,66,72,73,86)/t45-,46-,50-,51-,55-,56-,61-,62-,98?,99-,100+/m1/s1. The molecular formula is C64H74N17O16P3S3. The Morgan fingerprint density at radius 3 is 2.21 bits per heavy atom. The van der Waals surface area contributed by atoms with Gasteiger partial charge in [0.25, 0.3) is 5.56 Å². The van der Waals surface area contributed by atoms with Gasteiger partial charge < -0.3 is 69.3 Å². The summed E-state index contributed by atoms with van der Waals surface area (Å²) in [5.41, 5.74) is 17.0. The summed E-state index contributed by atoms with van der Waals surface area (Å²) in [5, 5.41) is 42.0. The number of benzene rings is 4. The number of thiol groups is 1. The van der Waals surface area contributed by atoms with Gasteiger partial charge in [0.15, 0.2) is 41.6 Å². The van der Waals surface area contributed by atoms with E-state index >= 15 is 4.57 Å². The number of aliphatic hydroxyl groups excluding tert-OH is 2. The highest BCUT2D eigenvalue weighted by Gasteiger charge is 2.53. The Morgan fingerprint density at radius 2 is 1.46 bits per heavy atom. The van der Waals surface area contributed by atoms with Gasteiger partial charge >= 0.3 is 19.4 Å². The number of amides is 2. The molecule has 5 aromatic heterocycles. The molecule has 9 aromatic rings. The number of nitrogens with two attached hydrogens (primary N) is 2. The number of esters is 1. The lowest BCUT2D eigenvalue weighted by Crippen LogP contribution is -2.47. The summed E-state index contributed by atoms with van der Waals surface area (Å²) < 4.78 is 76.3. The van der Waals surface area contributed by atoms with Crippen molar-refractivity contribution >= 4 is 113 Å². The van der Waals surface area contributed by atoms with Crippen LogP contribution < -0.4 is 46.9 Å². The number of carbonyl (C=O) groups excluding carboxylic acids is 3. The number of aromatic nitrogens is 11. The zero-order valence-corrected chi connectivity index (χ0v) is 60.4. The van der Waals surface area contributed by atoms with E-state index in [-0.39, 0.29) is 82.5 Å². The number of aromatic amines is 1. The summed E-state index contributed by atoms with van der Waals surface area (Å²) >= 11 is 10.1.